The number of carbonyl (C=O) groups excluding carboxylic acids is 1. The van der Waals surface area contributed by atoms with Gasteiger partial charge in [0.15, 0.2) is 5.11 Å². The van der Waals surface area contributed by atoms with Crippen molar-refractivity contribution in [3.8, 4) is 6.07 Å². The zero-order valence-corrected chi connectivity index (χ0v) is 14.3. The standard InChI is InChI=1S/C18H18N4OS/c1-3-14-6-4-5-12(2)16(14)20-18(24)22-21-17(23)15-9-7-13(11-19)8-10-15/h4-10H,3H2,1-2H3,(H,21,23)(H2,20,22,24). The molecule has 122 valence electrons. The molecular formula is C18H18N4OS. The molecule has 0 aliphatic rings. The van der Waals surface area contributed by atoms with Crippen LogP contribution in [-0.4, -0.2) is 11.0 Å². The van der Waals surface area contributed by atoms with E-state index in [-0.39, 0.29) is 5.91 Å². The average Bonchev–Trinajstić information content (AvgIpc) is 2.61. The Morgan fingerprint density at radius 2 is 1.88 bits per heavy atom. The number of nitriles is 1. The van der Waals surface area contributed by atoms with Gasteiger partial charge >= 0.3 is 0 Å². The molecule has 2 aromatic rings. The van der Waals surface area contributed by atoms with Crippen molar-refractivity contribution in [2.75, 3.05) is 5.32 Å². The van der Waals surface area contributed by atoms with Crippen LogP contribution in [0.3, 0.4) is 0 Å². The summed E-state index contributed by atoms with van der Waals surface area (Å²) in [5, 5.41) is 12.2. The van der Waals surface area contributed by atoms with Crippen molar-refractivity contribution < 1.29 is 4.79 Å². The van der Waals surface area contributed by atoms with Crippen LogP contribution in [0.5, 0.6) is 0 Å². The van der Waals surface area contributed by atoms with Gasteiger partial charge < -0.3 is 5.32 Å². The van der Waals surface area contributed by atoms with E-state index in [0.717, 1.165) is 23.2 Å². The zero-order chi connectivity index (χ0) is 17.5. The molecule has 2 aromatic carbocycles. The molecule has 0 heterocycles. The third kappa shape index (κ3) is 4.31. The normalized spacial score (nSPS) is 9.71. The number of nitrogens with zero attached hydrogens (tertiary/aromatic N) is 1. The Labute approximate surface area is 146 Å². The molecule has 24 heavy (non-hydrogen) atoms. The van der Waals surface area contributed by atoms with Crippen molar-refractivity contribution in [1.82, 2.24) is 10.9 Å². The molecule has 0 saturated carbocycles. The number of benzene rings is 2. The van der Waals surface area contributed by atoms with E-state index in [0.29, 0.717) is 16.2 Å². The Kier molecular flexibility index (Phi) is 5.88. The number of rotatable bonds is 3. The van der Waals surface area contributed by atoms with E-state index in [1.165, 1.54) is 0 Å². The van der Waals surface area contributed by atoms with Crippen molar-refractivity contribution in [2.24, 2.45) is 0 Å². The van der Waals surface area contributed by atoms with Crippen LogP contribution in [0, 0.1) is 18.3 Å². The summed E-state index contributed by atoms with van der Waals surface area (Å²) < 4.78 is 0. The van der Waals surface area contributed by atoms with Gasteiger partial charge in [-0.1, -0.05) is 25.1 Å². The highest BCUT2D eigenvalue weighted by Gasteiger charge is 2.08. The van der Waals surface area contributed by atoms with Crippen LogP contribution in [0.15, 0.2) is 42.5 Å². The molecule has 0 spiro atoms. The third-order valence-corrected chi connectivity index (χ3v) is 3.75. The number of thiocarbonyl (C=S) groups is 1. The summed E-state index contributed by atoms with van der Waals surface area (Å²) in [5.41, 5.74) is 9.35. The number of hydrogen-bond acceptors (Lipinski definition) is 3. The number of aryl methyl sites for hydroxylation is 2. The number of para-hydroxylation sites is 1. The maximum absolute atomic E-state index is 12.0. The van der Waals surface area contributed by atoms with E-state index in [2.05, 4.69) is 23.1 Å². The number of nitrogens with one attached hydrogen (secondary N) is 3. The van der Waals surface area contributed by atoms with E-state index in [4.69, 9.17) is 17.5 Å². The Morgan fingerprint density at radius 3 is 2.50 bits per heavy atom. The van der Waals surface area contributed by atoms with Crippen molar-refractivity contribution in [3.05, 3.63) is 64.7 Å². The quantitative estimate of drug-likeness (QED) is 0.592. The maximum Gasteiger partial charge on any atom is 0.269 e. The first kappa shape index (κ1) is 17.4. The Balaban J connectivity index is 1.96. The second-order valence-corrected chi connectivity index (χ2v) is 5.59. The molecule has 0 fully saturated rings. The van der Waals surface area contributed by atoms with E-state index < -0.39 is 0 Å². The number of amides is 1. The Hall–Kier alpha value is -2.91. The Morgan fingerprint density at radius 1 is 1.17 bits per heavy atom. The molecule has 1 amide bonds. The summed E-state index contributed by atoms with van der Waals surface area (Å²) in [5.74, 6) is -0.330. The topological polar surface area (TPSA) is 76.9 Å². The largest absolute Gasteiger partial charge is 0.331 e. The summed E-state index contributed by atoms with van der Waals surface area (Å²) in [6.07, 6.45) is 0.879. The second-order valence-electron chi connectivity index (χ2n) is 5.18. The first-order valence-corrected chi connectivity index (χ1v) is 7.92. The summed E-state index contributed by atoms with van der Waals surface area (Å²) in [7, 11) is 0. The van der Waals surface area contributed by atoms with Crippen LogP contribution in [0.2, 0.25) is 0 Å². The lowest BCUT2D eigenvalue weighted by molar-refractivity contribution is 0.0944. The predicted molar refractivity (Wildman–Crippen MR) is 98.5 cm³/mol. The predicted octanol–water partition coefficient (Wildman–Crippen LogP) is 3.06. The van der Waals surface area contributed by atoms with Crippen LogP contribution in [0.4, 0.5) is 5.69 Å². The van der Waals surface area contributed by atoms with Gasteiger partial charge in [0, 0.05) is 11.3 Å². The lowest BCUT2D eigenvalue weighted by Crippen LogP contribution is -2.43. The molecule has 0 aliphatic carbocycles. The number of anilines is 1. The van der Waals surface area contributed by atoms with Crippen LogP contribution < -0.4 is 16.2 Å². The lowest BCUT2D eigenvalue weighted by Gasteiger charge is -2.16. The highest BCUT2D eigenvalue weighted by molar-refractivity contribution is 7.80. The van der Waals surface area contributed by atoms with E-state index in [1.54, 1.807) is 24.3 Å². The van der Waals surface area contributed by atoms with Crippen LogP contribution in [-0.2, 0) is 6.42 Å². The molecule has 0 aromatic heterocycles. The SMILES string of the molecule is CCc1cccc(C)c1NC(=S)NNC(=O)c1ccc(C#N)cc1. The molecule has 0 atom stereocenters. The van der Waals surface area contributed by atoms with Crippen LogP contribution in [0.25, 0.3) is 0 Å². The molecule has 0 radical (unpaired) electrons. The minimum atomic E-state index is -0.330. The molecule has 0 saturated heterocycles. The van der Waals surface area contributed by atoms with Crippen molar-refractivity contribution in [3.63, 3.8) is 0 Å². The highest BCUT2D eigenvalue weighted by atomic mass is 32.1. The third-order valence-electron chi connectivity index (χ3n) is 3.54. The van der Waals surface area contributed by atoms with Gasteiger partial charge in [-0.3, -0.25) is 15.6 Å². The molecule has 2 rings (SSSR count). The second kappa shape index (κ2) is 8.09. The lowest BCUT2D eigenvalue weighted by atomic mass is 10.1. The van der Waals surface area contributed by atoms with E-state index in [1.807, 2.05) is 31.2 Å². The van der Waals surface area contributed by atoms with Crippen LogP contribution >= 0.6 is 12.2 Å². The van der Waals surface area contributed by atoms with E-state index >= 15 is 0 Å². The van der Waals surface area contributed by atoms with Crippen molar-refractivity contribution in [1.29, 1.82) is 5.26 Å². The Bertz CT molecular complexity index is 794. The minimum absolute atomic E-state index is 0.306. The maximum atomic E-state index is 12.0. The smallest absolute Gasteiger partial charge is 0.269 e. The van der Waals surface area contributed by atoms with Gasteiger partial charge in [0.2, 0.25) is 0 Å². The number of carbonyl (C=O) groups is 1. The summed E-state index contributed by atoms with van der Waals surface area (Å²) in [6, 6.07) is 14.4. The molecule has 0 unspecified atom stereocenters. The summed E-state index contributed by atoms with van der Waals surface area (Å²) in [4.78, 5) is 12.0. The molecule has 0 bridgehead atoms. The summed E-state index contributed by atoms with van der Waals surface area (Å²) in [6.45, 7) is 4.07. The first-order valence-electron chi connectivity index (χ1n) is 7.51. The zero-order valence-electron chi connectivity index (χ0n) is 13.5. The van der Waals surface area contributed by atoms with Gasteiger partial charge in [-0.15, -0.1) is 0 Å². The van der Waals surface area contributed by atoms with Gasteiger partial charge in [0.25, 0.3) is 5.91 Å². The molecular weight excluding hydrogens is 320 g/mol. The van der Waals surface area contributed by atoms with Crippen molar-refractivity contribution in [2.45, 2.75) is 20.3 Å². The fourth-order valence-corrected chi connectivity index (χ4v) is 2.38. The summed E-state index contributed by atoms with van der Waals surface area (Å²) >= 11 is 5.23. The number of hydrogen-bond donors (Lipinski definition) is 3. The molecule has 3 N–H and O–H groups in total. The molecule has 5 nitrogen and oxygen atoms in total. The fourth-order valence-electron chi connectivity index (χ4n) is 2.23. The highest BCUT2D eigenvalue weighted by Crippen LogP contribution is 2.20. The minimum Gasteiger partial charge on any atom is -0.331 e. The average molecular weight is 338 g/mol. The number of hydrazine groups is 1. The van der Waals surface area contributed by atoms with E-state index in [9.17, 15) is 4.79 Å². The van der Waals surface area contributed by atoms with Crippen LogP contribution in [0.1, 0.15) is 34.0 Å². The van der Waals surface area contributed by atoms with Gasteiger partial charge in [-0.05, 0) is 61.0 Å². The van der Waals surface area contributed by atoms with Gasteiger partial charge in [-0.2, -0.15) is 5.26 Å². The fraction of sp³-hybridized carbons (Fsp3) is 0.167. The monoisotopic (exact) mass is 338 g/mol. The first-order chi connectivity index (χ1) is 11.5. The van der Waals surface area contributed by atoms with Gasteiger partial charge in [-0.25, -0.2) is 0 Å². The van der Waals surface area contributed by atoms with Crippen molar-refractivity contribution >= 4 is 28.9 Å². The van der Waals surface area contributed by atoms with Gasteiger partial charge in [0.05, 0.1) is 11.6 Å². The molecule has 0 aliphatic heterocycles. The molecule has 6 heteroatoms. The van der Waals surface area contributed by atoms with Gasteiger partial charge in [0.1, 0.15) is 0 Å².